The van der Waals surface area contributed by atoms with Gasteiger partial charge in [-0.05, 0) is 43.5 Å². The van der Waals surface area contributed by atoms with Crippen LogP contribution in [-0.2, 0) is 6.42 Å². The molecule has 0 unspecified atom stereocenters. The molecule has 0 amide bonds. The first-order valence-corrected chi connectivity index (χ1v) is 9.02. The lowest BCUT2D eigenvalue weighted by molar-refractivity contribution is 0.931. The third kappa shape index (κ3) is 3.89. The second-order valence-corrected chi connectivity index (χ2v) is 6.64. The average molecular weight is 358 g/mol. The molecule has 2 aromatic carbocycles. The number of rotatable bonds is 6. The summed E-state index contributed by atoms with van der Waals surface area (Å²) in [5.41, 5.74) is 5.85. The predicted octanol–water partition coefficient (Wildman–Crippen LogP) is 4.37. The zero-order valence-electron chi connectivity index (χ0n) is 15.5. The molecule has 0 saturated carbocycles. The number of hydrogen-bond donors (Lipinski definition) is 3. The number of para-hydroxylation sites is 1. The number of benzene rings is 2. The Bertz CT molecular complexity index is 1070. The summed E-state index contributed by atoms with van der Waals surface area (Å²) in [6.07, 6.45) is 4.57. The molecule has 0 atom stereocenters. The van der Waals surface area contributed by atoms with Gasteiger partial charge in [-0.3, -0.25) is 0 Å². The smallest absolute Gasteiger partial charge is 0.244 e. The van der Waals surface area contributed by atoms with Crippen LogP contribution >= 0.6 is 0 Å². The van der Waals surface area contributed by atoms with E-state index in [9.17, 15) is 0 Å². The largest absolute Gasteiger partial charge is 0.361 e. The zero-order chi connectivity index (χ0) is 18.6. The summed E-state index contributed by atoms with van der Waals surface area (Å²) in [6, 6.07) is 14.6. The normalized spacial score (nSPS) is 10.9. The van der Waals surface area contributed by atoms with Gasteiger partial charge in [0.25, 0.3) is 0 Å². The number of anilines is 3. The molecule has 27 heavy (non-hydrogen) atoms. The van der Waals surface area contributed by atoms with Gasteiger partial charge in [-0.2, -0.15) is 10.1 Å². The van der Waals surface area contributed by atoms with Crippen molar-refractivity contribution in [2.45, 2.75) is 20.3 Å². The van der Waals surface area contributed by atoms with Crippen molar-refractivity contribution in [3.05, 3.63) is 71.5 Å². The highest BCUT2D eigenvalue weighted by atomic mass is 15.3. The average Bonchev–Trinajstić information content (AvgIpc) is 3.08. The molecule has 4 aromatic rings. The van der Waals surface area contributed by atoms with Crippen LogP contribution in [0.4, 0.5) is 17.5 Å². The molecule has 0 bridgehead atoms. The molecule has 2 heterocycles. The maximum absolute atomic E-state index is 4.51. The van der Waals surface area contributed by atoms with Crippen molar-refractivity contribution < 1.29 is 0 Å². The van der Waals surface area contributed by atoms with Gasteiger partial charge in [0.05, 0.1) is 6.20 Å². The molecule has 0 spiro atoms. The molecule has 0 radical (unpaired) electrons. The number of fused-ring (bicyclic) bond motifs is 1. The third-order valence-electron chi connectivity index (χ3n) is 4.56. The van der Waals surface area contributed by atoms with E-state index in [-0.39, 0.29) is 0 Å². The van der Waals surface area contributed by atoms with Gasteiger partial charge >= 0.3 is 0 Å². The monoisotopic (exact) mass is 358 g/mol. The van der Waals surface area contributed by atoms with Crippen LogP contribution in [-0.4, -0.2) is 26.7 Å². The number of nitrogens with zero attached hydrogens (tertiary/aromatic N) is 3. The van der Waals surface area contributed by atoms with Gasteiger partial charge in [0.15, 0.2) is 5.82 Å². The van der Waals surface area contributed by atoms with Crippen LogP contribution in [0, 0.1) is 13.8 Å². The molecule has 0 aliphatic heterocycles. The number of H-pyrrole nitrogens is 1. The van der Waals surface area contributed by atoms with Crippen molar-refractivity contribution in [3.8, 4) is 0 Å². The Balaban J connectivity index is 1.40. The minimum Gasteiger partial charge on any atom is -0.361 e. The van der Waals surface area contributed by atoms with Gasteiger partial charge in [-0.25, -0.2) is 0 Å². The van der Waals surface area contributed by atoms with Gasteiger partial charge in [0.1, 0.15) is 0 Å². The molecule has 6 heteroatoms. The molecular weight excluding hydrogens is 336 g/mol. The summed E-state index contributed by atoms with van der Waals surface area (Å²) < 4.78 is 0. The fraction of sp³-hybridized carbons (Fsp3) is 0.190. The summed E-state index contributed by atoms with van der Waals surface area (Å²) in [4.78, 5) is 7.81. The molecule has 0 aliphatic rings. The topological polar surface area (TPSA) is 78.5 Å². The van der Waals surface area contributed by atoms with Crippen molar-refractivity contribution >= 4 is 28.4 Å². The second-order valence-electron chi connectivity index (χ2n) is 6.64. The van der Waals surface area contributed by atoms with Crippen molar-refractivity contribution in [3.63, 3.8) is 0 Å². The molecule has 0 fully saturated rings. The van der Waals surface area contributed by atoms with Crippen LogP contribution in [0.3, 0.4) is 0 Å². The van der Waals surface area contributed by atoms with Gasteiger partial charge in [-0.1, -0.05) is 35.9 Å². The van der Waals surface area contributed by atoms with Crippen LogP contribution in [0.15, 0.2) is 54.9 Å². The Morgan fingerprint density at radius 2 is 1.96 bits per heavy atom. The van der Waals surface area contributed by atoms with Gasteiger partial charge < -0.3 is 15.6 Å². The number of aromatic nitrogens is 4. The van der Waals surface area contributed by atoms with E-state index in [0.717, 1.165) is 24.2 Å². The van der Waals surface area contributed by atoms with E-state index in [1.165, 1.54) is 22.1 Å². The zero-order valence-corrected chi connectivity index (χ0v) is 15.5. The van der Waals surface area contributed by atoms with E-state index in [2.05, 4.69) is 87.2 Å². The maximum Gasteiger partial charge on any atom is 0.244 e. The van der Waals surface area contributed by atoms with Gasteiger partial charge in [0, 0.05) is 29.3 Å². The van der Waals surface area contributed by atoms with Crippen LogP contribution in [0.2, 0.25) is 0 Å². The third-order valence-corrected chi connectivity index (χ3v) is 4.56. The van der Waals surface area contributed by atoms with E-state index in [4.69, 9.17) is 0 Å². The number of aryl methyl sites for hydroxylation is 2. The first-order chi connectivity index (χ1) is 13.2. The highest BCUT2D eigenvalue weighted by Crippen LogP contribution is 2.20. The summed E-state index contributed by atoms with van der Waals surface area (Å²) in [6.45, 7) is 4.89. The van der Waals surface area contributed by atoms with Crippen LogP contribution < -0.4 is 10.6 Å². The lowest BCUT2D eigenvalue weighted by Gasteiger charge is -2.10. The molecule has 2 aromatic heterocycles. The quantitative estimate of drug-likeness (QED) is 0.477. The van der Waals surface area contributed by atoms with Gasteiger partial charge in [-0.15, -0.1) is 5.10 Å². The Morgan fingerprint density at radius 3 is 2.85 bits per heavy atom. The standard InChI is InChI=1S/C21H22N6/c1-14-7-8-18(15(2)11-14)25-20-13-24-27-21(26-20)22-10-9-16-12-23-19-6-4-3-5-17(16)19/h3-8,11-13,23H,9-10H2,1-2H3,(H2,22,25,26,27). The highest BCUT2D eigenvalue weighted by molar-refractivity contribution is 5.83. The summed E-state index contributed by atoms with van der Waals surface area (Å²) in [5.74, 6) is 1.19. The van der Waals surface area contributed by atoms with E-state index in [1.807, 2.05) is 6.07 Å². The lowest BCUT2D eigenvalue weighted by atomic mass is 10.1. The second kappa shape index (κ2) is 7.45. The summed E-state index contributed by atoms with van der Waals surface area (Å²) >= 11 is 0. The fourth-order valence-electron chi connectivity index (χ4n) is 3.18. The molecule has 0 aliphatic carbocycles. The molecule has 4 rings (SSSR count). The number of hydrogen-bond acceptors (Lipinski definition) is 5. The Hall–Kier alpha value is -3.41. The maximum atomic E-state index is 4.51. The first kappa shape index (κ1) is 17.0. The van der Waals surface area contributed by atoms with E-state index in [1.54, 1.807) is 6.20 Å². The van der Waals surface area contributed by atoms with Crippen LogP contribution in [0.1, 0.15) is 16.7 Å². The predicted molar refractivity (Wildman–Crippen MR) is 110 cm³/mol. The van der Waals surface area contributed by atoms with E-state index >= 15 is 0 Å². The van der Waals surface area contributed by atoms with Crippen molar-refractivity contribution in [2.24, 2.45) is 0 Å². The molecular formula is C21H22N6. The van der Waals surface area contributed by atoms with Crippen molar-refractivity contribution in [1.82, 2.24) is 20.2 Å². The van der Waals surface area contributed by atoms with Crippen molar-refractivity contribution in [1.29, 1.82) is 0 Å². The summed E-state index contributed by atoms with van der Waals surface area (Å²) in [5, 5.41) is 16.0. The SMILES string of the molecule is Cc1ccc(Nc2cnnc(NCCc3c[nH]c4ccccc34)n2)c(C)c1. The minimum absolute atomic E-state index is 0.518. The van der Waals surface area contributed by atoms with Crippen LogP contribution in [0.5, 0.6) is 0 Å². The molecule has 3 N–H and O–H groups in total. The lowest BCUT2D eigenvalue weighted by Crippen LogP contribution is -2.09. The van der Waals surface area contributed by atoms with E-state index < -0.39 is 0 Å². The van der Waals surface area contributed by atoms with Crippen LogP contribution in [0.25, 0.3) is 10.9 Å². The van der Waals surface area contributed by atoms with Gasteiger partial charge in [0.2, 0.25) is 5.95 Å². The Morgan fingerprint density at radius 1 is 1.07 bits per heavy atom. The number of nitrogens with one attached hydrogen (secondary N) is 3. The Kier molecular flexibility index (Phi) is 4.70. The molecule has 136 valence electrons. The minimum atomic E-state index is 0.518. The highest BCUT2D eigenvalue weighted by Gasteiger charge is 2.05. The fourth-order valence-corrected chi connectivity index (χ4v) is 3.18. The first-order valence-electron chi connectivity index (χ1n) is 9.02. The van der Waals surface area contributed by atoms with E-state index in [0.29, 0.717) is 11.8 Å². The molecule has 6 nitrogen and oxygen atoms in total. The van der Waals surface area contributed by atoms with Crippen molar-refractivity contribution in [2.75, 3.05) is 17.2 Å². The number of aromatic amines is 1. The molecule has 0 saturated heterocycles. The Labute approximate surface area is 158 Å². The summed E-state index contributed by atoms with van der Waals surface area (Å²) in [7, 11) is 0.